The van der Waals surface area contributed by atoms with Crippen molar-refractivity contribution < 1.29 is 9.47 Å². The third kappa shape index (κ3) is 2.44. The average Bonchev–Trinajstić information content (AvgIpc) is 3.73. The predicted molar refractivity (Wildman–Crippen MR) is 152 cm³/mol. The number of benzene rings is 2. The van der Waals surface area contributed by atoms with Crippen molar-refractivity contribution in [3.8, 4) is 0 Å². The Morgan fingerprint density at radius 2 is 0.974 bits per heavy atom. The molecule has 6 saturated carbocycles. The van der Waals surface area contributed by atoms with Gasteiger partial charge in [0.05, 0.1) is 12.2 Å². The van der Waals surface area contributed by atoms with Crippen LogP contribution in [0.4, 0.5) is 0 Å². The second-order valence-electron chi connectivity index (χ2n) is 14.5. The van der Waals surface area contributed by atoms with Gasteiger partial charge in [-0.25, -0.2) is 0 Å². The maximum absolute atomic E-state index is 7.31. The molecule has 0 aromatic heterocycles. The number of hydrogen-bond donors (Lipinski definition) is 0. The molecule has 6 aliphatic carbocycles. The predicted octanol–water partition coefficient (Wildman–Crippen LogP) is 7.84. The van der Waals surface area contributed by atoms with Crippen LogP contribution in [0, 0.1) is 70.0 Å². The Balaban J connectivity index is 1.13. The fourth-order valence-electron chi connectivity index (χ4n) is 13.3. The summed E-state index contributed by atoms with van der Waals surface area (Å²) in [5, 5.41) is 0. The first-order valence-corrected chi connectivity index (χ1v) is 17.1. The summed E-state index contributed by atoms with van der Waals surface area (Å²) in [6.07, 6.45) is 6.27. The summed E-state index contributed by atoms with van der Waals surface area (Å²) in [5.41, 5.74) is 1.17. The lowest BCUT2D eigenvalue weighted by Gasteiger charge is -2.53. The minimum atomic E-state index is 0.286. The quantitative estimate of drug-likeness (QED) is 0.392. The molecule has 0 unspecified atom stereocenters. The Bertz CT molecular complexity index is 1190. The molecule has 2 aromatic rings. The minimum Gasteiger partial charge on any atom is -0.363 e. The highest BCUT2D eigenvalue weighted by atomic mass is 32.2. The number of fused-ring (bicyclic) bond motifs is 4. The van der Waals surface area contributed by atoms with Gasteiger partial charge in [-0.3, -0.25) is 0 Å². The van der Waals surface area contributed by atoms with Gasteiger partial charge in [-0.05, 0) is 109 Å². The van der Waals surface area contributed by atoms with E-state index in [0.29, 0.717) is 23.1 Å². The fourth-order valence-corrected chi connectivity index (χ4v) is 16.0. The number of rotatable bonds is 4. The van der Waals surface area contributed by atoms with Crippen molar-refractivity contribution >= 4 is 23.5 Å². The van der Waals surface area contributed by atoms with Crippen LogP contribution in [-0.2, 0) is 9.47 Å². The van der Waals surface area contributed by atoms with E-state index in [1.807, 2.05) is 0 Å². The van der Waals surface area contributed by atoms with Crippen LogP contribution < -0.4 is 0 Å². The maximum Gasteiger partial charge on any atom is 0.114 e. The lowest BCUT2D eigenvalue weighted by atomic mass is 9.61. The zero-order chi connectivity index (χ0) is 25.0. The van der Waals surface area contributed by atoms with E-state index < -0.39 is 0 Å². The van der Waals surface area contributed by atoms with Crippen LogP contribution >= 0.6 is 23.5 Å². The minimum absolute atomic E-state index is 0.286. The Labute approximate surface area is 235 Å². The molecule has 8 fully saturated rings. The van der Waals surface area contributed by atoms with Crippen molar-refractivity contribution in [1.82, 2.24) is 0 Å². The van der Waals surface area contributed by atoms with Gasteiger partial charge >= 0.3 is 0 Å². The molecular weight excluding hydrogens is 505 g/mol. The molecule has 2 nitrogen and oxygen atoms in total. The maximum atomic E-state index is 7.31. The van der Waals surface area contributed by atoms with Gasteiger partial charge in [-0.15, -0.1) is 0 Å². The van der Waals surface area contributed by atoms with E-state index in [0.717, 1.165) is 59.2 Å². The molecule has 0 bridgehead atoms. The van der Waals surface area contributed by atoms with Crippen molar-refractivity contribution in [2.75, 3.05) is 0 Å². The van der Waals surface area contributed by atoms with Gasteiger partial charge in [0.25, 0.3) is 0 Å². The largest absolute Gasteiger partial charge is 0.363 e. The van der Waals surface area contributed by atoms with Gasteiger partial charge in [-0.2, -0.15) is 0 Å². The van der Waals surface area contributed by atoms with Crippen LogP contribution in [0.1, 0.15) is 39.5 Å². The lowest BCUT2D eigenvalue weighted by molar-refractivity contribution is -0.160. The molecule has 0 radical (unpaired) electrons. The first-order valence-electron chi connectivity index (χ1n) is 15.3. The summed E-state index contributed by atoms with van der Waals surface area (Å²) in [6.45, 7) is 5.46. The molecule has 16 atom stereocenters. The monoisotopic (exact) mass is 542 g/mol. The van der Waals surface area contributed by atoms with E-state index in [1.165, 1.54) is 35.5 Å². The molecule has 0 N–H and O–H groups in total. The van der Waals surface area contributed by atoms with Gasteiger partial charge in [0.2, 0.25) is 0 Å². The number of thioether (sulfide) groups is 2. The van der Waals surface area contributed by atoms with Crippen LogP contribution in [0.25, 0.3) is 0 Å². The Morgan fingerprint density at radius 3 is 1.39 bits per heavy atom. The SMILES string of the molecule is C[C@]12[C@H]3[C@@H]4[C@@H]5[C@@H]6[C@H]7[C@@H](CC[C@@H]7O[C@H](Sc7ccccc7)[C@@]6(C)[C@@H]4[C@@H]4CC[C@H](O[C@@H]1Sc1ccccc1)[C@@H]43)[C@H]52. The molecule has 0 amide bonds. The molecule has 198 valence electrons. The molecular formula is C34H38O2S2. The van der Waals surface area contributed by atoms with E-state index >= 15 is 0 Å². The smallest absolute Gasteiger partial charge is 0.114 e. The van der Waals surface area contributed by atoms with Gasteiger partial charge in [0.1, 0.15) is 10.9 Å². The second-order valence-corrected chi connectivity index (χ2v) is 16.8. The standard InChI is InChI=1S/C34H38O2S2/c1-33-27-19-13-15-22-24(19)30-25(27)26-28(34(30,2)32(36-22)38-18-11-7-4-8-12-18)20-14-16-21(23(20)29(26)33)35-31(33)37-17-9-5-3-6-10-17/h3-12,19-32H,13-16H2,1-2H3/t19-,20-,21+,22+,23-,24+,25+,26-,27-,28-,29-,30+,31-,32-,33+,34+/m1/s1. The average molecular weight is 543 g/mol. The molecule has 2 aromatic carbocycles. The first kappa shape index (κ1) is 22.7. The van der Waals surface area contributed by atoms with Crippen molar-refractivity contribution in [2.24, 2.45) is 70.0 Å². The topological polar surface area (TPSA) is 18.5 Å². The van der Waals surface area contributed by atoms with Crippen molar-refractivity contribution in [3.05, 3.63) is 60.7 Å². The van der Waals surface area contributed by atoms with E-state index in [1.54, 1.807) is 0 Å². The molecule has 4 heteroatoms. The van der Waals surface area contributed by atoms with Gasteiger partial charge in [0, 0.05) is 20.6 Å². The third-order valence-electron chi connectivity index (χ3n) is 13.7. The summed E-state index contributed by atoms with van der Waals surface area (Å²) >= 11 is 4.14. The summed E-state index contributed by atoms with van der Waals surface area (Å²) in [7, 11) is 0. The van der Waals surface area contributed by atoms with Gasteiger partial charge < -0.3 is 9.47 Å². The molecule has 38 heavy (non-hydrogen) atoms. The normalized spacial score (nSPS) is 57.5. The van der Waals surface area contributed by atoms with E-state index in [-0.39, 0.29) is 10.8 Å². The van der Waals surface area contributed by atoms with Gasteiger partial charge in [0.15, 0.2) is 0 Å². The highest BCUT2D eigenvalue weighted by Gasteiger charge is 2.87. The van der Waals surface area contributed by atoms with Gasteiger partial charge in [-0.1, -0.05) is 73.8 Å². The summed E-state index contributed by atoms with van der Waals surface area (Å²) in [4.78, 5) is 2.79. The summed E-state index contributed by atoms with van der Waals surface area (Å²) in [6, 6.07) is 22.4. The molecule has 2 heterocycles. The van der Waals surface area contributed by atoms with Crippen LogP contribution in [-0.4, -0.2) is 23.1 Å². The summed E-state index contributed by atoms with van der Waals surface area (Å²) in [5.74, 6) is 8.36. The molecule has 10 rings (SSSR count). The van der Waals surface area contributed by atoms with E-state index in [2.05, 4.69) is 98.0 Å². The summed E-state index contributed by atoms with van der Waals surface area (Å²) < 4.78 is 14.6. The lowest BCUT2D eigenvalue weighted by Crippen LogP contribution is -2.54. The molecule has 0 spiro atoms. The van der Waals surface area contributed by atoms with E-state index in [9.17, 15) is 0 Å². The zero-order valence-corrected chi connectivity index (χ0v) is 24.0. The first-order chi connectivity index (χ1) is 18.6. The number of hydrogen-bond acceptors (Lipinski definition) is 4. The van der Waals surface area contributed by atoms with Crippen LogP contribution in [0.3, 0.4) is 0 Å². The number of ether oxygens (including phenoxy) is 2. The zero-order valence-electron chi connectivity index (χ0n) is 22.3. The third-order valence-corrected chi connectivity index (χ3v) is 16.5. The van der Waals surface area contributed by atoms with Crippen molar-refractivity contribution in [1.29, 1.82) is 0 Å². The van der Waals surface area contributed by atoms with Crippen molar-refractivity contribution in [3.63, 3.8) is 0 Å². The highest BCUT2D eigenvalue weighted by Crippen LogP contribution is 2.88. The fraction of sp³-hybridized carbons (Fsp3) is 0.647. The molecule has 2 aliphatic heterocycles. The Kier molecular flexibility index (Phi) is 4.46. The Morgan fingerprint density at radius 1 is 0.553 bits per heavy atom. The van der Waals surface area contributed by atoms with Crippen LogP contribution in [0.15, 0.2) is 70.5 Å². The van der Waals surface area contributed by atoms with Crippen LogP contribution in [0.5, 0.6) is 0 Å². The van der Waals surface area contributed by atoms with Crippen molar-refractivity contribution in [2.45, 2.75) is 72.4 Å². The van der Waals surface area contributed by atoms with E-state index in [4.69, 9.17) is 9.47 Å². The second kappa shape index (κ2) is 7.46. The molecule has 8 aliphatic rings. The molecule has 2 saturated heterocycles. The van der Waals surface area contributed by atoms with Crippen LogP contribution in [0.2, 0.25) is 0 Å². The highest BCUT2D eigenvalue weighted by molar-refractivity contribution is 8.00. The Hall–Kier alpha value is -0.940.